The molecule has 0 saturated carbocycles. The standard InChI is InChI=1S/C12H23NO4/c1-2-3-4-5-6-7-8-13-12(17)10(14)9-11(15)16/h10,14H,2-9H2,1H3,(H,13,17)(H,15,16)/t10-/m0/s1. The van der Waals surface area contributed by atoms with Gasteiger partial charge in [0.25, 0.3) is 0 Å². The van der Waals surface area contributed by atoms with Crippen molar-refractivity contribution in [1.29, 1.82) is 0 Å². The molecule has 0 aliphatic heterocycles. The third-order valence-electron chi connectivity index (χ3n) is 2.50. The second-order valence-electron chi connectivity index (χ2n) is 4.17. The first-order chi connectivity index (χ1) is 8.07. The number of aliphatic hydroxyl groups excluding tert-OH is 1. The van der Waals surface area contributed by atoms with E-state index in [9.17, 15) is 9.59 Å². The Hall–Kier alpha value is -1.10. The van der Waals surface area contributed by atoms with Crippen LogP contribution in [0.1, 0.15) is 51.9 Å². The number of rotatable bonds is 10. The Morgan fingerprint density at radius 2 is 1.71 bits per heavy atom. The topological polar surface area (TPSA) is 86.6 Å². The highest BCUT2D eigenvalue weighted by Crippen LogP contribution is 2.04. The number of amides is 1. The summed E-state index contributed by atoms with van der Waals surface area (Å²) in [5.74, 6) is -1.77. The number of aliphatic carboxylic acids is 1. The highest BCUT2D eigenvalue weighted by Gasteiger charge is 2.17. The van der Waals surface area contributed by atoms with Crippen molar-refractivity contribution < 1.29 is 19.8 Å². The number of carboxylic acids is 1. The third kappa shape index (κ3) is 9.81. The lowest BCUT2D eigenvalue weighted by Gasteiger charge is -2.09. The van der Waals surface area contributed by atoms with Crippen molar-refractivity contribution in [3.63, 3.8) is 0 Å². The molecule has 1 atom stereocenters. The summed E-state index contributed by atoms with van der Waals surface area (Å²) in [6, 6.07) is 0. The molecule has 0 radical (unpaired) electrons. The van der Waals surface area contributed by atoms with Gasteiger partial charge in [-0.3, -0.25) is 9.59 Å². The Morgan fingerprint density at radius 1 is 1.12 bits per heavy atom. The smallest absolute Gasteiger partial charge is 0.306 e. The Labute approximate surface area is 102 Å². The number of unbranched alkanes of at least 4 members (excludes halogenated alkanes) is 5. The lowest BCUT2D eigenvalue weighted by Crippen LogP contribution is -2.36. The molecule has 1 amide bonds. The molecular weight excluding hydrogens is 222 g/mol. The molecule has 100 valence electrons. The minimum absolute atomic E-state index is 0.502. The number of carbonyl (C=O) groups is 2. The molecule has 0 aliphatic rings. The van der Waals surface area contributed by atoms with E-state index in [0.717, 1.165) is 19.3 Å². The molecule has 0 fully saturated rings. The van der Waals surface area contributed by atoms with Gasteiger partial charge in [-0.2, -0.15) is 0 Å². The van der Waals surface area contributed by atoms with Crippen molar-refractivity contribution >= 4 is 11.9 Å². The van der Waals surface area contributed by atoms with Crippen LogP contribution in [0, 0.1) is 0 Å². The summed E-state index contributed by atoms with van der Waals surface area (Å²) in [4.78, 5) is 21.4. The fourth-order valence-corrected chi connectivity index (χ4v) is 1.49. The molecule has 17 heavy (non-hydrogen) atoms. The van der Waals surface area contributed by atoms with Gasteiger partial charge < -0.3 is 15.5 Å². The zero-order valence-corrected chi connectivity index (χ0v) is 10.4. The zero-order chi connectivity index (χ0) is 13.1. The first-order valence-electron chi connectivity index (χ1n) is 6.25. The van der Waals surface area contributed by atoms with E-state index in [-0.39, 0.29) is 0 Å². The van der Waals surface area contributed by atoms with Crippen LogP contribution in [-0.2, 0) is 9.59 Å². The van der Waals surface area contributed by atoms with Gasteiger partial charge >= 0.3 is 5.97 Å². The second kappa shape index (κ2) is 10.1. The summed E-state index contributed by atoms with van der Waals surface area (Å²) in [5.41, 5.74) is 0. The van der Waals surface area contributed by atoms with Crippen LogP contribution in [0.3, 0.4) is 0 Å². The number of carboxylic acid groups (broad SMARTS) is 1. The molecule has 3 N–H and O–H groups in total. The van der Waals surface area contributed by atoms with Gasteiger partial charge in [-0.05, 0) is 6.42 Å². The van der Waals surface area contributed by atoms with Crippen molar-refractivity contribution in [2.45, 2.75) is 58.0 Å². The monoisotopic (exact) mass is 245 g/mol. The van der Waals surface area contributed by atoms with Crippen molar-refractivity contribution in [2.24, 2.45) is 0 Å². The lowest BCUT2D eigenvalue weighted by atomic mass is 10.1. The van der Waals surface area contributed by atoms with Crippen molar-refractivity contribution in [3.8, 4) is 0 Å². The largest absolute Gasteiger partial charge is 0.481 e. The van der Waals surface area contributed by atoms with Crippen LogP contribution in [0.5, 0.6) is 0 Å². The van der Waals surface area contributed by atoms with Gasteiger partial charge in [0.15, 0.2) is 0 Å². The van der Waals surface area contributed by atoms with E-state index < -0.39 is 24.4 Å². The number of nitrogens with one attached hydrogen (secondary N) is 1. The molecule has 5 nitrogen and oxygen atoms in total. The molecule has 0 aliphatic carbocycles. The normalized spacial score (nSPS) is 12.1. The van der Waals surface area contributed by atoms with Crippen molar-refractivity contribution in [3.05, 3.63) is 0 Å². The Balaban J connectivity index is 3.41. The first-order valence-corrected chi connectivity index (χ1v) is 6.25. The predicted molar refractivity (Wildman–Crippen MR) is 64.6 cm³/mol. The maximum absolute atomic E-state index is 11.2. The summed E-state index contributed by atoms with van der Waals surface area (Å²) in [5, 5.41) is 20.1. The third-order valence-corrected chi connectivity index (χ3v) is 2.50. The predicted octanol–water partition coefficient (Wildman–Crippen LogP) is 1.30. The van der Waals surface area contributed by atoms with E-state index in [1.165, 1.54) is 19.3 Å². The molecule has 0 heterocycles. The van der Waals surface area contributed by atoms with E-state index in [0.29, 0.717) is 6.54 Å². The molecule has 0 aromatic rings. The van der Waals surface area contributed by atoms with Crippen LogP contribution in [0.15, 0.2) is 0 Å². The fraction of sp³-hybridized carbons (Fsp3) is 0.833. The van der Waals surface area contributed by atoms with E-state index >= 15 is 0 Å². The van der Waals surface area contributed by atoms with Crippen LogP contribution in [0.4, 0.5) is 0 Å². The van der Waals surface area contributed by atoms with E-state index in [2.05, 4.69) is 12.2 Å². The molecule has 0 saturated heterocycles. The van der Waals surface area contributed by atoms with Gasteiger partial charge in [0.2, 0.25) is 5.91 Å². The van der Waals surface area contributed by atoms with Crippen LogP contribution in [0.25, 0.3) is 0 Å². The van der Waals surface area contributed by atoms with Gasteiger partial charge in [-0.15, -0.1) is 0 Å². The van der Waals surface area contributed by atoms with Crippen LogP contribution in [-0.4, -0.2) is 34.7 Å². The molecular formula is C12H23NO4. The van der Waals surface area contributed by atoms with Crippen molar-refractivity contribution in [2.75, 3.05) is 6.54 Å². The molecule has 0 spiro atoms. The summed E-state index contributed by atoms with van der Waals surface area (Å²) in [6.07, 6.45) is 4.76. The SMILES string of the molecule is CCCCCCCCNC(=O)[C@@H](O)CC(=O)O. The number of hydrogen-bond donors (Lipinski definition) is 3. The zero-order valence-electron chi connectivity index (χ0n) is 10.4. The maximum atomic E-state index is 11.2. The van der Waals surface area contributed by atoms with Crippen LogP contribution >= 0.6 is 0 Å². The quantitative estimate of drug-likeness (QED) is 0.506. The minimum Gasteiger partial charge on any atom is -0.481 e. The Morgan fingerprint density at radius 3 is 2.29 bits per heavy atom. The molecule has 0 aromatic heterocycles. The number of hydrogen-bond acceptors (Lipinski definition) is 3. The van der Waals surface area contributed by atoms with Gasteiger partial charge in [-0.1, -0.05) is 39.0 Å². The average molecular weight is 245 g/mol. The summed E-state index contributed by atoms with van der Waals surface area (Å²) in [6.45, 7) is 2.66. The first kappa shape index (κ1) is 15.9. The fourth-order valence-electron chi connectivity index (χ4n) is 1.49. The molecule has 0 unspecified atom stereocenters. The summed E-state index contributed by atoms with van der Waals surface area (Å²) >= 11 is 0. The summed E-state index contributed by atoms with van der Waals surface area (Å²) < 4.78 is 0. The van der Waals surface area contributed by atoms with Gasteiger partial charge in [0, 0.05) is 6.54 Å². The van der Waals surface area contributed by atoms with E-state index in [4.69, 9.17) is 10.2 Å². The number of carbonyl (C=O) groups excluding carboxylic acids is 1. The van der Waals surface area contributed by atoms with Crippen LogP contribution < -0.4 is 5.32 Å². The molecule has 0 rings (SSSR count). The maximum Gasteiger partial charge on any atom is 0.306 e. The van der Waals surface area contributed by atoms with Gasteiger partial charge in [0.05, 0.1) is 6.42 Å². The minimum atomic E-state index is -1.44. The molecule has 0 aromatic carbocycles. The van der Waals surface area contributed by atoms with E-state index in [1.54, 1.807) is 0 Å². The number of aliphatic hydroxyl groups is 1. The van der Waals surface area contributed by atoms with Crippen LogP contribution in [0.2, 0.25) is 0 Å². The van der Waals surface area contributed by atoms with Crippen molar-refractivity contribution in [1.82, 2.24) is 5.32 Å². The highest BCUT2D eigenvalue weighted by molar-refractivity contribution is 5.84. The Bertz CT molecular complexity index is 231. The van der Waals surface area contributed by atoms with Gasteiger partial charge in [0.1, 0.15) is 6.10 Å². The van der Waals surface area contributed by atoms with Gasteiger partial charge in [-0.25, -0.2) is 0 Å². The molecule has 5 heteroatoms. The summed E-state index contributed by atoms with van der Waals surface area (Å²) in [7, 11) is 0. The second-order valence-corrected chi connectivity index (χ2v) is 4.17. The average Bonchev–Trinajstić information content (AvgIpc) is 2.26. The van der Waals surface area contributed by atoms with E-state index in [1.807, 2.05) is 0 Å². The highest BCUT2D eigenvalue weighted by atomic mass is 16.4. The molecule has 0 bridgehead atoms. The Kier molecular flexibility index (Phi) is 9.43. The lowest BCUT2D eigenvalue weighted by molar-refractivity contribution is -0.143.